The van der Waals surface area contributed by atoms with E-state index in [2.05, 4.69) is 72.8 Å². The zero-order valence-corrected chi connectivity index (χ0v) is 41.4. The van der Waals surface area contributed by atoms with Crippen molar-refractivity contribution in [2.75, 3.05) is 26.2 Å². The number of carbonyl (C=O) groups excluding carboxylic acids is 1. The van der Waals surface area contributed by atoms with Crippen molar-refractivity contribution in [2.45, 2.75) is 106 Å². The van der Waals surface area contributed by atoms with Crippen molar-refractivity contribution in [1.82, 2.24) is 10.4 Å². The van der Waals surface area contributed by atoms with Crippen LogP contribution in [0.4, 0.5) is 0 Å². The molecular weight excluding hydrogens is 878 g/mol. The molecule has 9 nitrogen and oxygen atoms in total. The minimum Gasteiger partial charge on any atom is -0.624 e. The molecule has 3 aliphatic rings. The van der Waals surface area contributed by atoms with Crippen LogP contribution in [0.2, 0.25) is 20.1 Å². The summed E-state index contributed by atoms with van der Waals surface area (Å²) in [7, 11) is 0. The first-order valence-electron chi connectivity index (χ1n) is 21.2. The van der Waals surface area contributed by atoms with Crippen LogP contribution in [-0.2, 0) is 11.1 Å². The summed E-state index contributed by atoms with van der Waals surface area (Å²) in [6, 6.07) is 30.0. The Morgan fingerprint density at radius 2 is 1.29 bits per heavy atom. The number of hydrogen-bond acceptors (Lipinski definition) is 7. The van der Waals surface area contributed by atoms with Crippen molar-refractivity contribution < 1.29 is 19.7 Å². The zero-order valence-electron chi connectivity index (χ0n) is 38.3. The Kier molecular flexibility index (Phi) is 17.2. The van der Waals surface area contributed by atoms with Crippen LogP contribution in [0.1, 0.15) is 122 Å². The van der Waals surface area contributed by atoms with Crippen molar-refractivity contribution in [3.63, 3.8) is 0 Å². The number of nitrogens with zero attached hydrogens (tertiary/aromatic N) is 3. The molecule has 0 amide bonds. The third-order valence-electron chi connectivity index (χ3n) is 11.7. The van der Waals surface area contributed by atoms with Gasteiger partial charge in [-0.15, -0.1) is 0 Å². The second-order valence-electron chi connectivity index (χ2n) is 20.8. The van der Waals surface area contributed by atoms with Crippen molar-refractivity contribution >= 4 is 57.9 Å². The monoisotopic (exact) mass is 940 g/mol. The molecule has 0 spiro atoms. The van der Waals surface area contributed by atoms with Gasteiger partial charge in [0, 0.05) is 78.4 Å². The Balaban J connectivity index is 0.000000185. The van der Waals surface area contributed by atoms with Crippen LogP contribution in [0.3, 0.4) is 0 Å². The van der Waals surface area contributed by atoms with E-state index in [1.54, 1.807) is 38.1 Å². The second kappa shape index (κ2) is 20.7. The third-order valence-corrected chi connectivity index (χ3v) is 12.6. The fourth-order valence-electron chi connectivity index (χ4n) is 8.89. The van der Waals surface area contributed by atoms with Crippen molar-refractivity contribution in [2.24, 2.45) is 21.7 Å². The Morgan fingerprint density at radius 3 is 1.75 bits per heavy atom. The fourth-order valence-corrected chi connectivity index (χ4v) is 9.65. The van der Waals surface area contributed by atoms with Crippen LogP contribution in [0.15, 0.2) is 97.1 Å². The van der Waals surface area contributed by atoms with Crippen LogP contribution in [0.5, 0.6) is 0 Å². The molecule has 342 valence electrons. The third kappa shape index (κ3) is 15.3. The number of benzene rings is 4. The molecule has 0 bridgehead atoms. The first kappa shape index (κ1) is 52.1. The summed E-state index contributed by atoms with van der Waals surface area (Å²) >= 11 is 23.7. The van der Waals surface area contributed by atoms with E-state index in [1.165, 1.54) is 10.6 Å². The largest absolute Gasteiger partial charge is 0.624 e. The van der Waals surface area contributed by atoms with Crippen LogP contribution in [-0.4, -0.2) is 57.6 Å². The highest BCUT2D eigenvalue weighted by atomic mass is 35.5. The van der Waals surface area contributed by atoms with Gasteiger partial charge in [0.2, 0.25) is 6.54 Å². The molecule has 4 aromatic rings. The molecule has 2 unspecified atom stereocenters. The maximum Gasteiger partial charge on any atom is 0.209 e. The topological polar surface area (TPSA) is 122 Å². The quantitative estimate of drug-likeness (QED) is 0.0593. The first-order chi connectivity index (χ1) is 29.0. The highest BCUT2D eigenvalue weighted by Gasteiger charge is 2.47. The molecule has 7 rings (SSSR count). The number of ketones is 1. The number of nitro groups is 1. The number of carbonyl (C=O) groups is 1. The number of nitrogens with one attached hydrogen (secondary N) is 1. The summed E-state index contributed by atoms with van der Waals surface area (Å²) in [6.45, 7) is 23.0. The van der Waals surface area contributed by atoms with Crippen molar-refractivity contribution in [1.29, 1.82) is 0 Å². The van der Waals surface area contributed by atoms with Gasteiger partial charge in [-0.05, 0) is 103 Å². The summed E-state index contributed by atoms with van der Waals surface area (Å²) in [5.74, 6) is -0.126. The SMILES string of the molecule is CC(C)(CC(=O)c1cccc(Cl)c1)C[N+](=O)[O-].CC1(C)CC(c2cccc(Cl)c2)=[N+]([O-])C1.CC1(C)CN(O)C(C)(c2cccc(Cl)c2)C1.CC1(C)CNC(C)(c2cccc(Cl)c2)C1. The molecule has 0 saturated carbocycles. The van der Waals surface area contributed by atoms with Crippen molar-refractivity contribution in [3.05, 3.63) is 155 Å². The van der Waals surface area contributed by atoms with E-state index >= 15 is 0 Å². The van der Waals surface area contributed by atoms with E-state index < -0.39 is 10.3 Å². The van der Waals surface area contributed by atoms with Gasteiger partial charge in [0.05, 0.1) is 5.54 Å². The summed E-state index contributed by atoms with van der Waals surface area (Å²) in [5.41, 5.74) is 4.33. The smallest absolute Gasteiger partial charge is 0.209 e. The molecule has 4 aromatic carbocycles. The maximum absolute atomic E-state index is 11.9. The van der Waals surface area contributed by atoms with Crippen LogP contribution in [0.25, 0.3) is 0 Å². The lowest BCUT2D eigenvalue weighted by atomic mass is 9.81. The van der Waals surface area contributed by atoms with Gasteiger partial charge < -0.3 is 15.7 Å². The van der Waals surface area contributed by atoms with Gasteiger partial charge in [-0.25, -0.2) is 4.74 Å². The molecule has 3 aliphatic heterocycles. The lowest BCUT2D eigenvalue weighted by Gasteiger charge is -2.31. The minimum absolute atomic E-state index is 0.0689. The molecule has 0 aromatic heterocycles. The molecule has 2 atom stereocenters. The Hall–Kier alpha value is -3.54. The summed E-state index contributed by atoms with van der Waals surface area (Å²) in [4.78, 5) is 22.0. The molecule has 0 aliphatic carbocycles. The normalized spacial score (nSPS) is 22.2. The average Bonchev–Trinajstić information content (AvgIpc) is 3.71. The predicted molar refractivity (Wildman–Crippen MR) is 259 cm³/mol. The van der Waals surface area contributed by atoms with Gasteiger partial charge in [-0.3, -0.25) is 14.9 Å². The molecule has 0 radical (unpaired) electrons. The minimum atomic E-state index is -0.650. The standard InChI is InChI=1S/C13H18ClNO.C13H18ClN.C12H14ClNO3.C12H14ClNO/c1-12(2)8-13(3,15(16)9-12)10-5-4-6-11(14)7-10;1-12(2)8-13(3,15-9-12)10-5-4-6-11(14)7-10;1-12(2,8-14(16)17)7-11(15)9-4-3-5-10(13)6-9;1-12(2)7-11(14(15)8-12)9-4-3-5-10(13)6-9/h4-7,16H,8-9H2,1-3H3;4-7,15H,8-9H2,1-3H3;3-6H,7-8H2,1-2H3;3-6H,7-8H2,1-2H3. The lowest BCUT2D eigenvalue weighted by Crippen LogP contribution is -2.35. The van der Waals surface area contributed by atoms with Crippen molar-refractivity contribution in [3.8, 4) is 0 Å². The zero-order chi connectivity index (χ0) is 47.2. The van der Waals surface area contributed by atoms with Crippen LogP contribution >= 0.6 is 46.4 Å². The molecule has 2 N–H and O–H groups in total. The highest BCUT2D eigenvalue weighted by Crippen LogP contribution is 2.46. The molecular formula is C50H64Cl4N4O5. The van der Waals surface area contributed by atoms with Gasteiger partial charge in [0.1, 0.15) is 0 Å². The molecule has 13 heteroatoms. The van der Waals surface area contributed by atoms with E-state index in [-0.39, 0.29) is 40.7 Å². The van der Waals surface area contributed by atoms with Crippen LogP contribution in [0, 0.1) is 37.0 Å². The molecule has 2 fully saturated rings. The molecule has 2 saturated heterocycles. The molecule has 3 heterocycles. The number of hydroxylamine groups is 3. The summed E-state index contributed by atoms with van der Waals surface area (Å²) < 4.78 is 1.09. The van der Waals surface area contributed by atoms with E-state index in [4.69, 9.17) is 46.4 Å². The Bertz CT molecular complexity index is 2280. The highest BCUT2D eigenvalue weighted by molar-refractivity contribution is 6.31. The number of Topliss-reactive ketones (excluding diaryl/α,β-unsaturated/α-hetero) is 1. The second-order valence-corrected chi connectivity index (χ2v) is 22.6. The maximum atomic E-state index is 11.9. The number of rotatable bonds is 8. The van der Waals surface area contributed by atoms with E-state index in [0.29, 0.717) is 34.1 Å². The average molecular weight is 943 g/mol. The predicted octanol–water partition coefficient (Wildman–Crippen LogP) is 13.5. The van der Waals surface area contributed by atoms with Gasteiger partial charge >= 0.3 is 0 Å². The van der Waals surface area contributed by atoms with E-state index in [1.807, 2.05) is 60.7 Å². The Morgan fingerprint density at radius 1 is 0.762 bits per heavy atom. The van der Waals surface area contributed by atoms with E-state index in [9.17, 15) is 25.3 Å². The molecule has 63 heavy (non-hydrogen) atoms. The number of halogens is 4. The number of hydrogen-bond donors (Lipinski definition) is 2. The summed E-state index contributed by atoms with van der Waals surface area (Å²) in [5, 5.41) is 40.1. The summed E-state index contributed by atoms with van der Waals surface area (Å²) in [6.07, 6.45) is 3.03. The Labute approximate surface area is 394 Å². The fraction of sp³-hybridized carbons (Fsp3) is 0.480. The van der Waals surface area contributed by atoms with E-state index in [0.717, 1.165) is 57.4 Å². The first-order valence-corrected chi connectivity index (χ1v) is 22.7. The van der Waals surface area contributed by atoms with Gasteiger partial charge in [0.15, 0.2) is 18.0 Å². The van der Waals surface area contributed by atoms with Gasteiger partial charge in [-0.1, -0.05) is 144 Å². The van der Waals surface area contributed by atoms with Gasteiger partial charge in [-0.2, -0.15) is 5.06 Å². The lowest BCUT2D eigenvalue weighted by molar-refractivity contribution is -0.495. The van der Waals surface area contributed by atoms with Crippen LogP contribution < -0.4 is 5.32 Å². The van der Waals surface area contributed by atoms with Gasteiger partial charge in [0.25, 0.3) is 0 Å².